The van der Waals surface area contributed by atoms with Crippen molar-refractivity contribution in [2.24, 2.45) is 23.7 Å². The Morgan fingerprint density at radius 3 is 2.09 bits per heavy atom. The number of benzene rings is 7. The van der Waals surface area contributed by atoms with Gasteiger partial charge in [0.15, 0.2) is 0 Å². The zero-order valence-electron chi connectivity index (χ0n) is 31.6. The number of rotatable bonds is 4. The Labute approximate surface area is 331 Å². The second-order valence-electron chi connectivity index (χ2n) is 17.4. The molecule has 270 valence electrons. The molecule has 0 saturated heterocycles. The summed E-state index contributed by atoms with van der Waals surface area (Å²) in [6, 6.07) is 57.7. The minimum atomic E-state index is 0.141. The van der Waals surface area contributed by atoms with Crippen molar-refractivity contribution < 1.29 is 0 Å². The maximum absolute atomic E-state index is 2.61. The van der Waals surface area contributed by atoms with Crippen molar-refractivity contribution in [2.75, 3.05) is 4.90 Å². The molecular formula is C53H42N2S. The van der Waals surface area contributed by atoms with Crippen LogP contribution in [0, 0.1) is 30.6 Å². The molecule has 14 rings (SSSR count). The lowest BCUT2D eigenvalue weighted by atomic mass is 9.43. The number of nitrogens with zero attached hydrogens (tertiary/aromatic N) is 2. The number of fused-ring (bicyclic) bond motifs is 9. The normalized spacial score (nSPS) is 23.2. The average molecular weight is 739 g/mol. The second kappa shape index (κ2) is 11.5. The number of hydrogen-bond acceptors (Lipinski definition) is 2. The molecule has 4 bridgehead atoms. The number of aryl methyl sites for hydroxylation is 1. The number of thiophene rings is 1. The Hall–Kier alpha value is -5.64. The number of para-hydroxylation sites is 2. The van der Waals surface area contributed by atoms with Crippen molar-refractivity contribution in [3.05, 3.63) is 168 Å². The smallest absolute Gasteiger partial charge is 0.0640 e. The highest BCUT2D eigenvalue weighted by atomic mass is 32.1. The van der Waals surface area contributed by atoms with Crippen molar-refractivity contribution in [1.82, 2.24) is 4.57 Å². The first-order chi connectivity index (χ1) is 27.6. The van der Waals surface area contributed by atoms with Gasteiger partial charge in [-0.15, -0.1) is 11.3 Å². The van der Waals surface area contributed by atoms with Gasteiger partial charge in [0.1, 0.15) is 0 Å². The van der Waals surface area contributed by atoms with E-state index in [-0.39, 0.29) is 5.41 Å². The summed E-state index contributed by atoms with van der Waals surface area (Å²) in [4.78, 5) is 2.61. The fourth-order valence-corrected chi connectivity index (χ4v) is 14.0. The third kappa shape index (κ3) is 4.11. The van der Waals surface area contributed by atoms with Crippen LogP contribution in [0.3, 0.4) is 0 Å². The molecule has 4 saturated carbocycles. The average Bonchev–Trinajstić information content (AvgIpc) is 3.87. The summed E-state index contributed by atoms with van der Waals surface area (Å²) in [7, 11) is 0. The first kappa shape index (κ1) is 31.6. The van der Waals surface area contributed by atoms with Crippen LogP contribution < -0.4 is 4.90 Å². The molecule has 4 fully saturated rings. The predicted octanol–water partition coefficient (Wildman–Crippen LogP) is 14.7. The topological polar surface area (TPSA) is 8.17 Å². The SMILES string of the molecule is Cc1ccc2c(c1)C1(c3ccc(N(c4cccc5c4sc4ccccc45)c4cccc5c4c4ccccc4n5-c4ccccc4)cc3-2)C2CC3CC(C2)CC1C3. The second-order valence-corrected chi connectivity index (χ2v) is 18.5. The summed E-state index contributed by atoms with van der Waals surface area (Å²) in [6.07, 6.45) is 7.06. The van der Waals surface area contributed by atoms with E-state index in [0.717, 1.165) is 23.7 Å². The van der Waals surface area contributed by atoms with Crippen LogP contribution in [0.4, 0.5) is 17.1 Å². The van der Waals surface area contributed by atoms with Crippen LogP contribution in [0.5, 0.6) is 0 Å². The van der Waals surface area contributed by atoms with E-state index in [1.807, 2.05) is 11.3 Å². The summed E-state index contributed by atoms with van der Waals surface area (Å²) in [5.74, 6) is 3.34. The van der Waals surface area contributed by atoms with Gasteiger partial charge in [-0.3, -0.25) is 0 Å². The fourth-order valence-electron chi connectivity index (χ4n) is 12.8. The van der Waals surface area contributed by atoms with E-state index in [2.05, 4.69) is 168 Å². The molecule has 0 unspecified atom stereocenters. The van der Waals surface area contributed by atoms with E-state index in [4.69, 9.17) is 0 Å². The molecule has 0 N–H and O–H groups in total. The maximum Gasteiger partial charge on any atom is 0.0640 e. The lowest BCUT2D eigenvalue weighted by molar-refractivity contribution is -0.0399. The Kier molecular flexibility index (Phi) is 6.46. The molecule has 0 radical (unpaired) electrons. The molecule has 56 heavy (non-hydrogen) atoms. The van der Waals surface area contributed by atoms with Crippen LogP contribution in [0.1, 0.15) is 48.8 Å². The Morgan fingerprint density at radius 1 is 0.554 bits per heavy atom. The molecule has 0 aliphatic heterocycles. The van der Waals surface area contributed by atoms with Crippen LogP contribution in [-0.4, -0.2) is 4.57 Å². The highest BCUT2D eigenvalue weighted by Gasteiger charge is 2.61. The molecule has 3 heteroatoms. The Bertz CT molecular complexity index is 3050. The maximum atomic E-state index is 2.61. The molecule has 7 aromatic carbocycles. The number of anilines is 3. The third-order valence-electron chi connectivity index (χ3n) is 14.6. The van der Waals surface area contributed by atoms with Crippen LogP contribution in [-0.2, 0) is 5.41 Å². The van der Waals surface area contributed by atoms with Gasteiger partial charge >= 0.3 is 0 Å². The van der Waals surface area contributed by atoms with E-state index < -0.39 is 0 Å². The zero-order valence-corrected chi connectivity index (χ0v) is 32.4. The van der Waals surface area contributed by atoms with Gasteiger partial charge in [0.2, 0.25) is 0 Å². The molecule has 9 aromatic rings. The standard InChI is InChI=1S/C53H42N2S/c1-32-21-23-39-43-31-38(22-24-44(43)53(45(39)25-32)35-27-33-26-34(29-35)30-36(53)28-33)55(49-19-9-15-41-40-13-6-8-20-50(40)56-52(41)49)48-18-10-17-47-51(48)42-14-5-7-16-46(42)54(47)37-11-3-2-4-12-37/h2-25,31,33-36H,26-30H2,1H3. The van der Waals surface area contributed by atoms with Gasteiger partial charge in [0, 0.05) is 43.0 Å². The minimum Gasteiger partial charge on any atom is -0.309 e. The van der Waals surface area contributed by atoms with Crippen LogP contribution in [0.2, 0.25) is 0 Å². The lowest BCUT2D eigenvalue weighted by Crippen LogP contribution is -2.55. The van der Waals surface area contributed by atoms with Gasteiger partial charge in [-0.05, 0) is 140 Å². The van der Waals surface area contributed by atoms with Crippen LogP contribution >= 0.6 is 11.3 Å². The van der Waals surface area contributed by atoms with Crippen LogP contribution in [0.15, 0.2) is 152 Å². The Morgan fingerprint density at radius 2 is 1.25 bits per heavy atom. The van der Waals surface area contributed by atoms with Crippen LogP contribution in [0.25, 0.3) is 58.8 Å². The van der Waals surface area contributed by atoms with E-state index in [9.17, 15) is 0 Å². The molecule has 0 amide bonds. The molecule has 2 nitrogen and oxygen atoms in total. The summed E-state index contributed by atoms with van der Waals surface area (Å²) in [6.45, 7) is 2.30. The quantitative estimate of drug-likeness (QED) is 0.175. The molecule has 2 heterocycles. The van der Waals surface area contributed by atoms with Gasteiger partial charge in [-0.1, -0.05) is 103 Å². The van der Waals surface area contributed by atoms with E-state index in [1.165, 1.54) is 114 Å². The van der Waals surface area contributed by atoms with Gasteiger partial charge in [0.25, 0.3) is 0 Å². The molecular weight excluding hydrogens is 697 g/mol. The fraction of sp³-hybridized carbons (Fsp3) is 0.208. The summed E-state index contributed by atoms with van der Waals surface area (Å²) in [5, 5.41) is 5.20. The van der Waals surface area contributed by atoms with Crippen molar-refractivity contribution >= 4 is 70.4 Å². The van der Waals surface area contributed by atoms with E-state index >= 15 is 0 Å². The molecule has 5 aliphatic rings. The third-order valence-corrected chi connectivity index (χ3v) is 15.8. The predicted molar refractivity (Wildman–Crippen MR) is 236 cm³/mol. The number of hydrogen-bond donors (Lipinski definition) is 0. The van der Waals surface area contributed by atoms with Gasteiger partial charge in [-0.2, -0.15) is 0 Å². The Balaban J connectivity index is 1.11. The first-order valence-corrected chi connectivity index (χ1v) is 21.5. The molecule has 0 atom stereocenters. The van der Waals surface area contributed by atoms with Crippen molar-refractivity contribution in [1.29, 1.82) is 0 Å². The van der Waals surface area contributed by atoms with Crippen molar-refractivity contribution in [2.45, 2.75) is 44.4 Å². The lowest BCUT2D eigenvalue weighted by Gasteiger charge is -2.61. The van der Waals surface area contributed by atoms with E-state index in [0.29, 0.717) is 0 Å². The highest BCUT2D eigenvalue weighted by molar-refractivity contribution is 7.26. The summed E-state index contributed by atoms with van der Waals surface area (Å²) < 4.78 is 5.10. The molecule has 1 spiro atoms. The van der Waals surface area contributed by atoms with Crippen molar-refractivity contribution in [3.8, 4) is 16.8 Å². The minimum absolute atomic E-state index is 0.141. The summed E-state index contributed by atoms with van der Waals surface area (Å²) in [5.41, 5.74) is 15.0. The molecule has 5 aliphatic carbocycles. The largest absolute Gasteiger partial charge is 0.309 e. The highest BCUT2D eigenvalue weighted by Crippen LogP contribution is 2.69. The number of aromatic nitrogens is 1. The summed E-state index contributed by atoms with van der Waals surface area (Å²) >= 11 is 1.92. The molecule has 2 aromatic heterocycles. The zero-order chi connectivity index (χ0) is 36.7. The van der Waals surface area contributed by atoms with Gasteiger partial charge in [-0.25, -0.2) is 0 Å². The first-order valence-electron chi connectivity index (χ1n) is 20.7. The monoisotopic (exact) mass is 738 g/mol. The van der Waals surface area contributed by atoms with Gasteiger partial charge < -0.3 is 9.47 Å². The van der Waals surface area contributed by atoms with Gasteiger partial charge in [0.05, 0.1) is 27.1 Å². The van der Waals surface area contributed by atoms with Crippen molar-refractivity contribution in [3.63, 3.8) is 0 Å². The van der Waals surface area contributed by atoms with E-state index in [1.54, 1.807) is 11.1 Å².